The van der Waals surface area contributed by atoms with E-state index in [1.807, 2.05) is 66.8 Å². The minimum absolute atomic E-state index is 0.143. The molecule has 0 radical (unpaired) electrons. The summed E-state index contributed by atoms with van der Waals surface area (Å²) in [6, 6.07) is 12.6. The first-order chi connectivity index (χ1) is 16.4. The molecule has 2 aliphatic heterocycles. The molecule has 9 heteroatoms. The number of nitrogens with zero attached hydrogens (tertiary/aromatic N) is 2. The molecule has 0 unspecified atom stereocenters. The molecular weight excluding hydrogens is 518 g/mol. The van der Waals surface area contributed by atoms with Gasteiger partial charge in [0, 0.05) is 16.4 Å². The quantitative estimate of drug-likeness (QED) is 0.463. The van der Waals surface area contributed by atoms with Crippen LogP contribution in [0, 0.1) is 6.92 Å². The average molecular weight is 542 g/mol. The summed E-state index contributed by atoms with van der Waals surface area (Å²) in [6.45, 7) is 5.65. The number of halogens is 1. The second kappa shape index (κ2) is 10.5. The number of amides is 1. The maximum absolute atomic E-state index is 12.8. The Balaban J connectivity index is 1.52. The van der Waals surface area contributed by atoms with E-state index in [1.54, 1.807) is 13.0 Å². The Morgan fingerprint density at radius 2 is 2.03 bits per heavy atom. The zero-order valence-electron chi connectivity index (χ0n) is 19.0. The Hall–Kier alpha value is -3.04. The monoisotopic (exact) mass is 541 g/mol. The fourth-order valence-electron chi connectivity index (χ4n) is 3.78. The van der Waals surface area contributed by atoms with E-state index in [-0.39, 0.29) is 19.1 Å². The molecule has 0 saturated heterocycles. The molecule has 0 fully saturated rings. The van der Waals surface area contributed by atoms with Crippen molar-refractivity contribution in [2.75, 3.05) is 18.5 Å². The highest BCUT2D eigenvalue weighted by Crippen LogP contribution is 2.41. The highest BCUT2D eigenvalue weighted by atomic mass is 79.9. The number of anilines is 1. The number of carbonyl (C=O) groups is 2. The number of esters is 1. The van der Waals surface area contributed by atoms with Crippen molar-refractivity contribution in [2.24, 2.45) is 4.99 Å². The van der Waals surface area contributed by atoms with Crippen molar-refractivity contribution in [3.05, 3.63) is 80.9 Å². The van der Waals surface area contributed by atoms with Gasteiger partial charge < -0.3 is 19.7 Å². The summed E-state index contributed by atoms with van der Waals surface area (Å²) in [4.78, 5) is 31.8. The lowest BCUT2D eigenvalue weighted by atomic mass is 9.94. The molecule has 1 atom stereocenters. The molecule has 34 heavy (non-hydrogen) atoms. The molecule has 4 rings (SSSR count). The van der Waals surface area contributed by atoms with Crippen molar-refractivity contribution >= 4 is 50.4 Å². The number of aryl methyl sites for hydroxylation is 1. The van der Waals surface area contributed by atoms with Gasteiger partial charge in [0.05, 0.1) is 23.9 Å². The lowest BCUT2D eigenvalue weighted by molar-refractivity contribution is -0.139. The summed E-state index contributed by atoms with van der Waals surface area (Å²) in [5.41, 5.74) is 3.63. The minimum Gasteiger partial charge on any atom is -0.484 e. The van der Waals surface area contributed by atoms with E-state index in [0.717, 1.165) is 26.5 Å². The van der Waals surface area contributed by atoms with Gasteiger partial charge in [-0.15, -0.1) is 0 Å². The Labute approximate surface area is 211 Å². The number of thioether (sulfide) groups is 1. The van der Waals surface area contributed by atoms with Crippen LogP contribution in [0.15, 0.2) is 74.8 Å². The van der Waals surface area contributed by atoms with Crippen molar-refractivity contribution in [1.82, 2.24) is 4.90 Å². The van der Waals surface area contributed by atoms with Crippen LogP contribution in [0.1, 0.15) is 31.0 Å². The molecule has 0 aromatic heterocycles. The number of benzene rings is 2. The van der Waals surface area contributed by atoms with Crippen molar-refractivity contribution < 1.29 is 19.1 Å². The first-order valence-corrected chi connectivity index (χ1v) is 12.4. The van der Waals surface area contributed by atoms with Gasteiger partial charge in [-0.2, -0.15) is 0 Å². The van der Waals surface area contributed by atoms with Gasteiger partial charge in [-0.1, -0.05) is 39.8 Å². The third kappa shape index (κ3) is 5.20. The summed E-state index contributed by atoms with van der Waals surface area (Å²) >= 11 is 4.92. The number of rotatable bonds is 7. The third-order valence-electron chi connectivity index (χ3n) is 5.32. The van der Waals surface area contributed by atoms with E-state index in [4.69, 9.17) is 9.47 Å². The Bertz CT molecular complexity index is 1220. The number of fused-ring (bicyclic) bond motifs is 1. The molecule has 0 bridgehead atoms. The van der Waals surface area contributed by atoms with Crippen LogP contribution in [0.25, 0.3) is 0 Å². The number of aliphatic imine (C=N–C) groups is 1. The number of carbonyl (C=O) groups excluding carboxylic acids is 2. The molecule has 2 heterocycles. The molecular formula is C25H24BrN3O4S. The summed E-state index contributed by atoms with van der Waals surface area (Å²) < 4.78 is 12.1. The van der Waals surface area contributed by atoms with Crippen LogP contribution in [0.5, 0.6) is 5.75 Å². The largest absolute Gasteiger partial charge is 0.484 e. The van der Waals surface area contributed by atoms with Crippen LogP contribution in [0.2, 0.25) is 0 Å². The van der Waals surface area contributed by atoms with Crippen LogP contribution >= 0.6 is 27.7 Å². The van der Waals surface area contributed by atoms with Gasteiger partial charge in [0.15, 0.2) is 11.8 Å². The second-order valence-electron chi connectivity index (χ2n) is 7.70. The molecule has 1 N–H and O–H groups in total. The SMILES string of the molecule is CCOC(=O)C1=C(C)N=C2SC=CN2[C@@H]1c1cccc(OCC(=O)Nc2ccc(Br)cc2C)c1. The van der Waals surface area contributed by atoms with Crippen molar-refractivity contribution in [3.8, 4) is 5.75 Å². The molecule has 176 valence electrons. The number of hydrogen-bond donors (Lipinski definition) is 1. The Morgan fingerprint density at radius 1 is 1.21 bits per heavy atom. The number of nitrogens with one attached hydrogen (secondary N) is 1. The first-order valence-electron chi connectivity index (χ1n) is 10.7. The highest BCUT2D eigenvalue weighted by molar-refractivity contribution is 9.10. The van der Waals surface area contributed by atoms with Gasteiger partial charge in [0.1, 0.15) is 5.75 Å². The van der Waals surface area contributed by atoms with E-state index in [0.29, 0.717) is 17.0 Å². The van der Waals surface area contributed by atoms with Crippen molar-refractivity contribution in [2.45, 2.75) is 26.8 Å². The fraction of sp³-hybridized carbons (Fsp3) is 0.240. The number of allylic oxidation sites excluding steroid dienone is 1. The predicted octanol–water partition coefficient (Wildman–Crippen LogP) is 5.54. The van der Waals surface area contributed by atoms with Crippen LogP contribution < -0.4 is 10.1 Å². The van der Waals surface area contributed by atoms with E-state index >= 15 is 0 Å². The zero-order valence-corrected chi connectivity index (χ0v) is 21.4. The van der Waals surface area contributed by atoms with E-state index in [9.17, 15) is 9.59 Å². The maximum Gasteiger partial charge on any atom is 0.338 e. The lowest BCUT2D eigenvalue weighted by Crippen LogP contribution is -2.34. The summed E-state index contributed by atoms with van der Waals surface area (Å²) in [5.74, 6) is -0.126. The lowest BCUT2D eigenvalue weighted by Gasteiger charge is -2.33. The predicted molar refractivity (Wildman–Crippen MR) is 138 cm³/mol. The molecule has 0 saturated carbocycles. The minimum atomic E-state index is -0.402. The third-order valence-corrected chi connectivity index (χ3v) is 6.59. The van der Waals surface area contributed by atoms with Gasteiger partial charge in [0.2, 0.25) is 0 Å². The maximum atomic E-state index is 12.8. The number of hydrogen-bond acceptors (Lipinski definition) is 7. The zero-order chi connectivity index (χ0) is 24.2. The molecule has 1 amide bonds. The van der Waals surface area contributed by atoms with Gasteiger partial charge in [0.25, 0.3) is 5.91 Å². The fourth-order valence-corrected chi connectivity index (χ4v) is 5.04. The molecule has 2 aromatic carbocycles. The topological polar surface area (TPSA) is 80.2 Å². The second-order valence-corrected chi connectivity index (χ2v) is 9.48. The standard InChI is InChI=1S/C25H24BrN3O4S/c1-4-32-24(31)22-16(3)27-25-29(10-11-34-25)23(22)17-6-5-7-19(13-17)33-14-21(30)28-20-9-8-18(26)12-15(20)2/h5-13,23H,4,14H2,1-3H3,(H,28,30)/t23-/m1/s1. The van der Waals surface area contributed by atoms with E-state index in [1.165, 1.54) is 11.8 Å². The highest BCUT2D eigenvalue weighted by Gasteiger charge is 2.37. The summed E-state index contributed by atoms with van der Waals surface area (Å²) in [5, 5.41) is 5.60. The van der Waals surface area contributed by atoms with E-state index < -0.39 is 12.0 Å². The first kappa shape index (κ1) is 24.1. The van der Waals surface area contributed by atoms with Crippen LogP contribution in [0.3, 0.4) is 0 Å². The van der Waals surface area contributed by atoms with Gasteiger partial charge in [-0.3, -0.25) is 4.79 Å². The number of ether oxygens (including phenoxy) is 2. The van der Waals surface area contributed by atoms with Crippen molar-refractivity contribution in [1.29, 1.82) is 0 Å². The van der Waals surface area contributed by atoms with Gasteiger partial charge in [-0.25, -0.2) is 9.79 Å². The van der Waals surface area contributed by atoms with E-state index in [2.05, 4.69) is 26.2 Å². The Morgan fingerprint density at radius 3 is 2.79 bits per heavy atom. The molecule has 2 aromatic rings. The molecule has 0 spiro atoms. The molecule has 2 aliphatic rings. The normalized spacial score (nSPS) is 16.8. The van der Waals surface area contributed by atoms with Crippen LogP contribution in [0.4, 0.5) is 5.69 Å². The van der Waals surface area contributed by atoms with Gasteiger partial charge >= 0.3 is 5.97 Å². The Kier molecular flexibility index (Phi) is 7.43. The average Bonchev–Trinajstić information content (AvgIpc) is 3.27. The summed E-state index contributed by atoms with van der Waals surface area (Å²) in [7, 11) is 0. The van der Waals surface area contributed by atoms with Crippen LogP contribution in [-0.2, 0) is 14.3 Å². The smallest absolute Gasteiger partial charge is 0.338 e. The van der Waals surface area contributed by atoms with Crippen molar-refractivity contribution in [3.63, 3.8) is 0 Å². The molecule has 0 aliphatic carbocycles. The molecule has 7 nitrogen and oxygen atoms in total. The number of amidine groups is 1. The van der Waals surface area contributed by atoms with Crippen LogP contribution in [-0.4, -0.2) is 35.2 Å². The summed E-state index contributed by atoms with van der Waals surface area (Å²) in [6.07, 6.45) is 1.90. The van der Waals surface area contributed by atoms with Gasteiger partial charge in [-0.05, 0) is 67.6 Å².